The van der Waals surface area contributed by atoms with Crippen molar-refractivity contribution in [3.05, 3.63) is 69.7 Å². The Morgan fingerprint density at radius 3 is 2.61 bits per heavy atom. The summed E-state index contributed by atoms with van der Waals surface area (Å²) in [6, 6.07) is 12.4. The highest BCUT2D eigenvalue weighted by molar-refractivity contribution is 6.31. The van der Waals surface area contributed by atoms with Crippen LogP contribution in [-0.2, 0) is 6.54 Å². The van der Waals surface area contributed by atoms with Gasteiger partial charge in [-0.2, -0.15) is 0 Å². The van der Waals surface area contributed by atoms with Crippen LogP contribution >= 0.6 is 24.0 Å². The summed E-state index contributed by atoms with van der Waals surface area (Å²) in [5.74, 6) is -1.00. The first-order chi connectivity index (χ1) is 15.5. The second-order valence-corrected chi connectivity index (χ2v) is 8.95. The number of piperidine rings is 1. The lowest BCUT2D eigenvalue weighted by atomic mass is 10.0. The Balaban J connectivity index is 0.00000306. The summed E-state index contributed by atoms with van der Waals surface area (Å²) in [4.78, 5) is 41.9. The molecule has 2 aliphatic rings. The molecule has 1 unspecified atom stereocenters. The molecule has 4 rings (SSSR count). The average molecular weight is 490 g/mol. The Bertz CT molecular complexity index is 1040. The number of nitrogens with zero attached hydrogens (tertiary/aromatic N) is 2. The zero-order chi connectivity index (χ0) is 22.7. The number of nitrogens with one attached hydrogen (secondary N) is 1. The number of fused-ring (bicyclic) bond motifs is 1. The van der Waals surface area contributed by atoms with Crippen molar-refractivity contribution in [2.24, 2.45) is 0 Å². The minimum absolute atomic E-state index is 0. The molecule has 0 radical (unpaired) electrons. The van der Waals surface area contributed by atoms with Crippen LogP contribution in [0.15, 0.2) is 42.5 Å². The van der Waals surface area contributed by atoms with Crippen molar-refractivity contribution in [3.8, 4) is 0 Å². The number of hydrogen-bond acceptors (Lipinski definition) is 4. The van der Waals surface area contributed by atoms with Crippen molar-refractivity contribution >= 4 is 41.7 Å². The molecule has 0 spiro atoms. The topological polar surface area (TPSA) is 69.7 Å². The number of halogens is 2. The highest BCUT2D eigenvalue weighted by Crippen LogP contribution is 2.27. The fourth-order valence-electron chi connectivity index (χ4n) is 4.45. The Labute approximate surface area is 205 Å². The van der Waals surface area contributed by atoms with Gasteiger partial charge in [0.1, 0.15) is 0 Å². The van der Waals surface area contributed by atoms with Gasteiger partial charge in [-0.05, 0) is 62.6 Å². The lowest BCUT2D eigenvalue weighted by Gasteiger charge is -2.33. The molecule has 2 aromatic rings. The molecule has 2 aromatic carbocycles. The van der Waals surface area contributed by atoms with Gasteiger partial charge in [-0.15, -0.1) is 12.4 Å². The second kappa shape index (κ2) is 11.1. The summed E-state index contributed by atoms with van der Waals surface area (Å²) in [6.45, 7) is 5.03. The van der Waals surface area contributed by atoms with Crippen molar-refractivity contribution in [1.29, 1.82) is 0 Å². The van der Waals surface area contributed by atoms with E-state index in [9.17, 15) is 14.4 Å². The number of hydrogen-bond donors (Lipinski definition) is 1. The molecule has 0 bridgehead atoms. The third-order valence-corrected chi connectivity index (χ3v) is 6.74. The minimum Gasteiger partial charge on any atom is -0.352 e. The second-order valence-electron chi connectivity index (χ2n) is 8.54. The molecule has 33 heavy (non-hydrogen) atoms. The molecule has 3 amide bonds. The largest absolute Gasteiger partial charge is 0.352 e. The first-order valence-corrected chi connectivity index (χ1v) is 11.6. The number of carbonyl (C=O) groups excluding carboxylic acids is 3. The highest BCUT2D eigenvalue weighted by Gasteiger charge is 2.36. The molecule has 6 nitrogen and oxygen atoms in total. The molecule has 0 aromatic heterocycles. The van der Waals surface area contributed by atoms with Crippen LogP contribution in [0.5, 0.6) is 0 Å². The molecule has 0 saturated carbocycles. The fourth-order valence-corrected chi connectivity index (χ4v) is 4.64. The maximum atomic E-state index is 12.9. The van der Waals surface area contributed by atoms with Crippen LogP contribution in [0.1, 0.15) is 69.2 Å². The lowest BCUT2D eigenvalue weighted by molar-refractivity contribution is 0.0642. The monoisotopic (exact) mass is 489 g/mol. The smallest absolute Gasteiger partial charge is 0.261 e. The van der Waals surface area contributed by atoms with E-state index in [2.05, 4.69) is 17.1 Å². The summed E-state index contributed by atoms with van der Waals surface area (Å²) in [6.07, 6.45) is 4.65. The van der Waals surface area contributed by atoms with E-state index >= 15 is 0 Å². The molecule has 176 valence electrons. The van der Waals surface area contributed by atoms with Gasteiger partial charge in [0.15, 0.2) is 0 Å². The first kappa shape index (κ1) is 25.2. The molecular formula is C25H29Cl2N3O3. The molecule has 8 heteroatoms. The van der Waals surface area contributed by atoms with Gasteiger partial charge in [-0.25, -0.2) is 0 Å². The molecular weight excluding hydrogens is 461 g/mol. The Kier molecular flexibility index (Phi) is 8.51. The predicted octanol–water partition coefficient (Wildman–Crippen LogP) is 4.55. The summed E-state index contributed by atoms with van der Waals surface area (Å²) in [5.41, 5.74) is 1.66. The normalized spacial score (nSPS) is 18.1. The number of amides is 3. The van der Waals surface area contributed by atoms with Gasteiger partial charge in [0, 0.05) is 29.7 Å². The standard InChI is InChI=1S/C25H28ClN3O3.ClH/c1-17-7-4-5-13-28(17)14-6-12-27-23(30)18-10-11-20-21(15-18)25(32)29(24(20)31)16-19-8-2-3-9-22(19)26;/h2-3,8-11,15,17H,4-7,12-14,16H2,1H3,(H,27,30);1H. The van der Waals surface area contributed by atoms with E-state index in [1.54, 1.807) is 30.3 Å². The number of imide groups is 1. The minimum atomic E-state index is -0.404. The average Bonchev–Trinajstić information content (AvgIpc) is 3.03. The molecule has 1 saturated heterocycles. The van der Waals surface area contributed by atoms with E-state index in [0.717, 1.165) is 19.5 Å². The van der Waals surface area contributed by atoms with Gasteiger partial charge in [0.2, 0.25) is 0 Å². The third-order valence-electron chi connectivity index (χ3n) is 6.37. The molecule has 1 fully saturated rings. The Hall–Kier alpha value is -2.41. The maximum Gasteiger partial charge on any atom is 0.261 e. The number of benzene rings is 2. The Morgan fingerprint density at radius 2 is 1.85 bits per heavy atom. The summed E-state index contributed by atoms with van der Waals surface area (Å²) < 4.78 is 0. The van der Waals surface area contributed by atoms with Crippen LogP contribution in [0.2, 0.25) is 5.02 Å². The molecule has 2 heterocycles. The summed E-state index contributed by atoms with van der Waals surface area (Å²) >= 11 is 6.19. The van der Waals surface area contributed by atoms with E-state index < -0.39 is 5.91 Å². The van der Waals surface area contributed by atoms with Crippen molar-refractivity contribution in [2.75, 3.05) is 19.6 Å². The quantitative estimate of drug-likeness (QED) is 0.457. The van der Waals surface area contributed by atoms with Crippen LogP contribution < -0.4 is 5.32 Å². The van der Waals surface area contributed by atoms with Gasteiger partial charge in [0.05, 0.1) is 17.7 Å². The molecule has 1 N–H and O–H groups in total. The van der Waals surface area contributed by atoms with E-state index in [1.165, 1.54) is 30.2 Å². The Morgan fingerprint density at radius 1 is 1.09 bits per heavy atom. The van der Waals surface area contributed by atoms with Crippen molar-refractivity contribution in [3.63, 3.8) is 0 Å². The summed E-state index contributed by atoms with van der Waals surface area (Å²) in [7, 11) is 0. The van der Waals surface area contributed by atoms with Crippen molar-refractivity contribution in [1.82, 2.24) is 15.1 Å². The molecule has 1 atom stereocenters. The first-order valence-electron chi connectivity index (χ1n) is 11.2. The third kappa shape index (κ3) is 5.57. The number of likely N-dealkylation sites (tertiary alicyclic amines) is 1. The van der Waals surface area contributed by atoms with Gasteiger partial charge in [-0.3, -0.25) is 19.3 Å². The lowest BCUT2D eigenvalue weighted by Crippen LogP contribution is -2.39. The van der Waals surface area contributed by atoms with Crippen molar-refractivity contribution < 1.29 is 14.4 Å². The van der Waals surface area contributed by atoms with Crippen LogP contribution in [0.25, 0.3) is 0 Å². The van der Waals surface area contributed by atoms with Gasteiger partial charge >= 0.3 is 0 Å². The van der Waals surface area contributed by atoms with Gasteiger partial charge in [0.25, 0.3) is 17.7 Å². The number of carbonyl (C=O) groups is 3. The zero-order valence-electron chi connectivity index (χ0n) is 18.7. The van der Waals surface area contributed by atoms with Gasteiger partial charge in [-0.1, -0.05) is 36.2 Å². The zero-order valence-corrected chi connectivity index (χ0v) is 20.3. The van der Waals surface area contributed by atoms with Crippen LogP contribution in [0.3, 0.4) is 0 Å². The SMILES string of the molecule is CC1CCCCN1CCCNC(=O)c1ccc2c(c1)C(=O)N(Cc1ccccc1Cl)C2=O.Cl. The van der Waals surface area contributed by atoms with Crippen molar-refractivity contribution in [2.45, 2.75) is 45.2 Å². The molecule has 2 aliphatic heterocycles. The van der Waals surface area contributed by atoms with E-state index in [4.69, 9.17) is 11.6 Å². The van der Waals surface area contributed by atoms with Crippen LogP contribution in [0, 0.1) is 0 Å². The van der Waals surface area contributed by atoms with E-state index in [0.29, 0.717) is 34.3 Å². The number of rotatable bonds is 7. The van der Waals surface area contributed by atoms with Crippen LogP contribution in [-0.4, -0.2) is 53.2 Å². The maximum absolute atomic E-state index is 12.9. The fraction of sp³-hybridized carbons (Fsp3) is 0.400. The molecule has 0 aliphatic carbocycles. The van der Waals surface area contributed by atoms with E-state index in [1.807, 2.05) is 6.07 Å². The highest BCUT2D eigenvalue weighted by atomic mass is 35.5. The van der Waals surface area contributed by atoms with E-state index in [-0.39, 0.29) is 36.3 Å². The van der Waals surface area contributed by atoms with Crippen LogP contribution in [0.4, 0.5) is 0 Å². The summed E-state index contributed by atoms with van der Waals surface area (Å²) in [5, 5.41) is 3.44. The van der Waals surface area contributed by atoms with Gasteiger partial charge < -0.3 is 10.2 Å². The predicted molar refractivity (Wildman–Crippen MR) is 131 cm³/mol.